The van der Waals surface area contributed by atoms with Gasteiger partial charge in [0, 0.05) is 36.6 Å². The van der Waals surface area contributed by atoms with Gasteiger partial charge in [0.1, 0.15) is 17.4 Å². The third-order valence-corrected chi connectivity index (χ3v) is 4.90. The summed E-state index contributed by atoms with van der Waals surface area (Å²) in [5, 5.41) is 4.55. The van der Waals surface area contributed by atoms with Crippen LogP contribution < -0.4 is 4.74 Å². The molecule has 2 saturated carbocycles. The number of aromatic nitrogens is 4. The monoisotopic (exact) mass is 348 g/mol. The maximum Gasteiger partial charge on any atom is 0.387 e. The SMILES string of the molecule is CC(C)n1nc(-c2cncc(OC(F)F)c2)nc1C1C2CC(=O)CC21. The second-order valence-corrected chi connectivity index (χ2v) is 6.92. The van der Waals surface area contributed by atoms with Crippen LogP contribution >= 0.6 is 0 Å². The zero-order valence-electron chi connectivity index (χ0n) is 13.9. The molecule has 0 N–H and O–H groups in total. The van der Waals surface area contributed by atoms with Crippen LogP contribution in [0.5, 0.6) is 5.75 Å². The zero-order valence-corrected chi connectivity index (χ0v) is 13.9. The van der Waals surface area contributed by atoms with Crippen LogP contribution in [0.1, 0.15) is 44.5 Å². The lowest BCUT2D eigenvalue weighted by Crippen LogP contribution is -2.10. The Balaban J connectivity index is 1.65. The van der Waals surface area contributed by atoms with E-state index in [9.17, 15) is 13.6 Å². The smallest absolute Gasteiger partial charge is 0.387 e. The van der Waals surface area contributed by atoms with Crippen LogP contribution in [0.3, 0.4) is 0 Å². The zero-order chi connectivity index (χ0) is 17.7. The van der Waals surface area contributed by atoms with Crippen molar-refractivity contribution in [3.05, 3.63) is 24.3 Å². The highest BCUT2D eigenvalue weighted by Gasteiger charge is 2.58. The molecule has 2 fully saturated rings. The standard InChI is InChI=1S/C17H18F2N4O2/c1-8(2)23-16(14-12-4-10(24)5-13(12)14)21-15(22-23)9-3-11(7-20-6-9)25-17(18)19/h3,6-8,12-14,17H,4-5H2,1-2H3. The minimum atomic E-state index is -2.91. The number of nitrogens with zero attached hydrogens (tertiary/aromatic N) is 4. The molecule has 2 aliphatic carbocycles. The minimum Gasteiger partial charge on any atom is -0.433 e. The molecule has 8 heteroatoms. The fraction of sp³-hybridized carbons (Fsp3) is 0.529. The molecule has 2 unspecified atom stereocenters. The number of fused-ring (bicyclic) bond motifs is 1. The number of Topliss-reactive ketones (excluding diaryl/α,β-unsaturated/α-hetero) is 1. The first-order chi connectivity index (χ1) is 11.9. The molecule has 0 spiro atoms. The van der Waals surface area contributed by atoms with Crippen LogP contribution in [-0.4, -0.2) is 32.1 Å². The van der Waals surface area contributed by atoms with Crippen LogP contribution in [-0.2, 0) is 4.79 Å². The number of carbonyl (C=O) groups excluding carboxylic acids is 1. The van der Waals surface area contributed by atoms with Crippen LogP contribution in [0.2, 0.25) is 0 Å². The normalized spacial score (nSPS) is 24.9. The van der Waals surface area contributed by atoms with E-state index in [-0.39, 0.29) is 17.7 Å². The van der Waals surface area contributed by atoms with Crippen molar-refractivity contribution in [2.45, 2.75) is 45.3 Å². The van der Waals surface area contributed by atoms with Gasteiger partial charge >= 0.3 is 6.61 Å². The molecule has 132 valence electrons. The highest BCUT2D eigenvalue weighted by Crippen LogP contribution is 2.61. The second kappa shape index (κ2) is 5.86. The van der Waals surface area contributed by atoms with E-state index in [1.165, 1.54) is 18.5 Å². The topological polar surface area (TPSA) is 69.9 Å². The molecule has 0 aromatic carbocycles. The third-order valence-electron chi connectivity index (χ3n) is 4.90. The summed E-state index contributed by atoms with van der Waals surface area (Å²) < 4.78 is 31.0. The van der Waals surface area contributed by atoms with E-state index in [0.29, 0.717) is 41.8 Å². The van der Waals surface area contributed by atoms with Gasteiger partial charge in [0.05, 0.1) is 6.20 Å². The van der Waals surface area contributed by atoms with E-state index in [2.05, 4.69) is 19.8 Å². The first-order valence-electron chi connectivity index (χ1n) is 8.32. The highest BCUT2D eigenvalue weighted by atomic mass is 19.3. The molecule has 2 aromatic rings. The van der Waals surface area contributed by atoms with E-state index >= 15 is 0 Å². The minimum absolute atomic E-state index is 0.0242. The summed E-state index contributed by atoms with van der Waals surface area (Å²) >= 11 is 0. The van der Waals surface area contributed by atoms with Crippen molar-refractivity contribution in [2.75, 3.05) is 0 Å². The lowest BCUT2D eigenvalue weighted by atomic mass is 10.1. The van der Waals surface area contributed by atoms with Gasteiger partial charge in [0.15, 0.2) is 5.82 Å². The van der Waals surface area contributed by atoms with E-state index in [1.54, 1.807) is 0 Å². The van der Waals surface area contributed by atoms with Gasteiger partial charge in [0.2, 0.25) is 0 Å². The van der Waals surface area contributed by atoms with Crippen LogP contribution in [0.4, 0.5) is 8.78 Å². The number of carbonyl (C=O) groups is 1. The van der Waals surface area contributed by atoms with Gasteiger partial charge in [-0.3, -0.25) is 9.78 Å². The van der Waals surface area contributed by atoms with Crippen molar-refractivity contribution in [1.82, 2.24) is 19.7 Å². The van der Waals surface area contributed by atoms with Crippen molar-refractivity contribution in [3.63, 3.8) is 0 Å². The Morgan fingerprint density at radius 3 is 2.60 bits per heavy atom. The van der Waals surface area contributed by atoms with Gasteiger partial charge in [-0.25, -0.2) is 9.67 Å². The summed E-state index contributed by atoms with van der Waals surface area (Å²) in [6, 6.07) is 1.57. The van der Waals surface area contributed by atoms with Crippen molar-refractivity contribution in [2.24, 2.45) is 11.8 Å². The summed E-state index contributed by atoms with van der Waals surface area (Å²) in [6.45, 7) is 1.12. The molecule has 25 heavy (non-hydrogen) atoms. The molecule has 2 heterocycles. The van der Waals surface area contributed by atoms with Crippen molar-refractivity contribution >= 4 is 5.78 Å². The average Bonchev–Trinajstić information content (AvgIpc) is 2.91. The molecule has 6 nitrogen and oxygen atoms in total. The Hall–Kier alpha value is -2.38. The Labute approximate surface area is 143 Å². The molecule has 0 saturated heterocycles. The Morgan fingerprint density at radius 2 is 1.96 bits per heavy atom. The van der Waals surface area contributed by atoms with E-state index in [0.717, 1.165) is 5.82 Å². The Bertz CT molecular complexity index is 807. The lowest BCUT2D eigenvalue weighted by Gasteiger charge is -2.09. The molecule has 0 radical (unpaired) electrons. The van der Waals surface area contributed by atoms with E-state index < -0.39 is 6.61 Å². The molecule has 0 aliphatic heterocycles. The predicted octanol–water partition coefficient (Wildman–Crippen LogP) is 3.21. The number of rotatable bonds is 5. The molecule has 2 atom stereocenters. The van der Waals surface area contributed by atoms with Gasteiger partial charge in [0.25, 0.3) is 0 Å². The fourth-order valence-electron chi connectivity index (χ4n) is 3.77. The highest BCUT2D eigenvalue weighted by molar-refractivity contribution is 5.83. The van der Waals surface area contributed by atoms with Gasteiger partial charge in [-0.05, 0) is 31.7 Å². The Kier molecular flexibility index (Phi) is 3.77. The number of ether oxygens (including phenoxy) is 1. The van der Waals surface area contributed by atoms with E-state index in [1.807, 2.05) is 18.5 Å². The average molecular weight is 348 g/mol. The maximum absolute atomic E-state index is 12.4. The lowest BCUT2D eigenvalue weighted by molar-refractivity contribution is -0.118. The largest absolute Gasteiger partial charge is 0.433 e. The molecule has 0 amide bonds. The van der Waals surface area contributed by atoms with Gasteiger partial charge in [-0.1, -0.05) is 0 Å². The predicted molar refractivity (Wildman–Crippen MR) is 84.2 cm³/mol. The quantitative estimate of drug-likeness (QED) is 0.830. The first-order valence-corrected chi connectivity index (χ1v) is 8.32. The maximum atomic E-state index is 12.4. The Morgan fingerprint density at radius 1 is 1.24 bits per heavy atom. The number of hydrogen-bond acceptors (Lipinski definition) is 5. The molecule has 2 aliphatic rings. The summed E-state index contributed by atoms with van der Waals surface area (Å²) in [7, 11) is 0. The van der Waals surface area contributed by atoms with Gasteiger partial charge < -0.3 is 4.74 Å². The van der Waals surface area contributed by atoms with E-state index in [4.69, 9.17) is 0 Å². The molecule has 2 aromatic heterocycles. The fourth-order valence-corrected chi connectivity index (χ4v) is 3.77. The van der Waals surface area contributed by atoms with Crippen LogP contribution in [0, 0.1) is 11.8 Å². The van der Waals surface area contributed by atoms with Crippen molar-refractivity contribution in [3.8, 4) is 17.1 Å². The van der Waals surface area contributed by atoms with Gasteiger partial charge in [-0.2, -0.15) is 13.9 Å². The van der Waals surface area contributed by atoms with Crippen molar-refractivity contribution in [1.29, 1.82) is 0 Å². The number of ketones is 1. The molecule has 0 bridgehead atoms. The summed E-state index contributed by atoms with van der Waals surface area (Å²) in [5.41, 5.74) is 0.528. The number of alkyl halides is 2. The first kappa shape index (κ1) is 16.1. The number of halogens is 2. The molecular formula is C17H18F2N4O2. The second-order valence-electron chi connectivity index (χ2n) is 6.92. The summed E-state index contributed by atoms with van der Waals surface area (Å²) in [6.07, 6.45) is 4.00. The summed E-state index contributed by atoms with van der Waals surface area (Å²) in [5.74, 6) is 2.60. The van der Waals surface area contributed by atoms with Crippen molar-refractivity contribution < 1.29 is 18.3 Å². The summed E-state index contributed by atoms with van der Waals surface area (Å²) in [4.78, 5) is 20.1. The molecular weight excluding hydrogens is 330 g/mol. The number of hydrogen-bond donors (Lipinski definition) is 0. The number of pyridine rings is 1. The van der Waals surface area contributed by atoms with Crippen LogP contribution in [0.25, 0.3) is 11.4 Å². The van der Waals surface area contributed by atoms with Gasteiger partial charge in [-0.15, -0.1) is 0 Å². The third kappa shape index (κ3) is 2.89. The van der Waals surface area contributed by atoms with Crippen LogP contribution in [0.15, 0.2) is 18.5 Å². The molecule has 4 rings (SSSR count).